The number of fused-ring (bicyclic) bond motifs is 1. The van der Waals surface area contributed by atoms with Gasteiger partial charge in [-0.15, -0.1) is 0 Å². The molecule has 0 amide bonds. The Hall–Kier alpha value is -1.33. The van der Waals surface area contributed by atoms with Gasteiger partial charge < -0.3 is 9.84 Å². The number of halogens is 1. The second-order valence-corrected chi connectivity index (χ2v) is 6.26. The van der Waals surface area contributed by atoms with Crippen molar-refractivity contribution < 1.29 is 9.84 Å². The van der Waals surface area contributed by atoms with Crippen molar-refractivity contribution in [2.45, 2.75) is 0 Å². The molecule has 124 valence electrons. The molecule has 0 spiro atoms. The zero-order chi connectivity index (χ0) is 16.1. The minimum Gasteiger partial charge on any atom is -0.490 e. The lowest BCUT2D eigenvalue weighted by molar-refractivity contribution is 0.102. The molecule has 23 heavy (non-hydrogen) atoms. The van der Waals surface area contributed by atoms with Crippen molar-refractivity contribution in [3.05, 3.63) is 41.4 Å². The molecular weight excluding hydrogens is 312 g/mol. The van der Waals surface area contributed by atoms with Gasteiger partial charge in [0.2, 0.25) is 0 Å². The van der Waals surface area contributed by atoms with Crippen molar-refractivity contribution in [2.75, 3.05) is 52.5 Å². The van der Waals surface area contributed by atoms with E-state index in [2.05, 4.69) is 15.9 Å². The van der Waals surface area contributed by atoms with Gasteiger partial charge >= 0.3 is 0 Å². The molecule has 3 rings (SSSR count). The third-order valence-electron chi connectivity index (χ3n) is 4.37. The highest BCUT2D eigenvalue weighted by molar-refractivity contribution is 6.33. The maximum absolute atomic E-state index is 8.98. The third-order valence-corrected chi connectivity index (χ3v) is 4.66. The van der Waals surface area contributed by atoms with Gasteiger partial charge in [-0.05, 0) is 11.5 Å². The van der Waals surface area contributed by atoms with E-state index in [1.807, 2.05) is 30.3 Å². The summed E-state index contributed by atoms with van der Waals surface area (Å²) in [5.41, 5.74) is 0. The van der Waals surface area contributed by atoms with Gasteiger partial charge in [-0.1, -0.05) is 41.9 Å². The van der Waals surface area contributed by atoms with Crippen LogP contribution < -0.4 is 4.74 Å². The zero-order valence-corrected chi connectivity index (χ0v) is 14.0. The van der Waals surface area contributed by atoms with E-state index in [4.69, 9.17) is 21.4 Å². The lowest BCUT2D eigenvalue weighted by Gasteiger charge is -2.34. The van der Waals surface area contributed by atoms with Crippen molar-refractivity contribution in [3.8, 4) is 5.75 Å². The van der Waals surface area contributed by atoms with E-state index >= 15 is 0 Å². The topological polar surface area (TPSA) is 35.9 Å². The summed E-state index contributed by atoms with van der Waals surface area (Å²) in [6.45, 7) is 6.60. The quantitative estimate of drug-likeness (QED) is 0.880. The first-order chi connectivity index (χ1) is 11.3. The number of aliphatic hydroxyl groups is 1. The molecule has 1 aliphatic heterocycles. The summed E-state index contributed by atoms with van der Waals surface area (Å²) in [6, 6.07) is 12.1. The molecule has 2 aromatic carbocycles. The lowest BCUT2D eigenvalue weighted by Crippen LogP contribution is -2.48. The SMILES string of the molecule is OCCN1CCN(CCOc2c(Cl)ccc3ccccc23)CC1. The number of benzene rings is 2. The van der Waals surface area contributed by atoms with E-state index in [1.165, 1.54) is 0 Å². The third kappa shape index (κ3) is 4.15. The van der Waals surface area contributed by atoms with Crippen LogP contribution in [-0.2, 0) is 0 Å². The maximum Gasteiger partial charge on any atom is 0.145 e. The standard InChI is InChI=1S/C18H23ClN2O2/c19-17-6-5-15-3-1-2-4-16(15)18(17)23-14-12-21-9-7-20(8-10-21)11-13-22/h1-6,22H,7-14H2. The molecular formula is C18H23ClN2O2. The van der Waals surface area contributed by atoms with Gasteiger partial charge in [-0.2, -0.15) is 0 Å². The second kappa shape index (κ2) is 7.97. The van der Waals surface area contributed by atoms with Gasteiger partial charge in [0, 0.05) is 44.7 Å². The number of piperazine rings is 1. The van der Waals surface area contributed by atoms with E-state index in [0.29, 0.717) is 11.6 Å². The lowest BCUT2D eigenvalue weighted by atomic mass is 10.1. The summed E-state index contributed by atoms with van der Waals surface area (Å²) in [4.78, 5) is 4.69. The average Bonchev–Trinajstić information content (AvgIpc) is 2.59. The Morgan fingerprint density at radius 3 is 2.39 bits per heavy atom. The molecule has 0 bridgehead atoms. The number of rotatable bonds is 6. The zero-order valence-electron chi connectivity index (χ0n) is 13.2. The summed E-state index contributed by atoms with van der Waals surface area (Å²) < 4.78 is 6.00. The van der Waals surface area contributed by atoms with E-state index < -0.39 is 0 Å². The Labute approximate surface area is 142 Å². The Morgan fingerprint density at radius 1 is 0.957 bits per heavy atom. The van der Waals surface area contributed by atoms with Gasteiger partial charge in [-0.3, -0.25) is 9.80 Å². The first-order valence-corrected chi connectivity index (χ1v) is 8.51. The summed E-state index contributed by atoms with van der Waals surface area (Å²) in [7, 11) is 0. The van der Waals surface area contributed by atoms with E-state index in [-0.39, 0.29) is 6.61 Å². The van der Waals surface area contributed by atoms with E-state index in [0.717, 1.165) is 55.8 Å². The molecule has 0 unspecified atom stereocenters. The van der Waals surface area contributed by atoms with Crippen molar-refractivity contribution in [2.24, 2.45) is 0 Å². The van der Waals surface area contributed by atoms with Crippen LogP contribution in [-0.4, -0.2) is 67.4 Å². The van der Waals surface area contributed by atoms with Gasteiger partial charge in [-0.25, -0.2) is 0 Å². The van der Waals surface area contributed by atoms with Crippen LogP contribution in [0.3, 0.4) is 0 Å². The molecule has 0 aromatic heterocycles. The molecule has 4 nitrogen and oxygen atoms in total. The second-order valence-electron chi connectivity index (χ2n) is 5.85. The van der Waals surface area contributed by atoms with E-state index in [1.54, 1.807) is 0 Å². The number of β-amino-alcohol motifs (C(OH)–C–C–N with tert-alkyl or cyclic N) is 1. The largest absolute Gasteiger partial charge is 0.490 e. The molecule has 1 N–H and O–H groups in total. The number of aliphatic hydroxyl groups excluding tert-OH is 1. The fraction of sp³-hybridized carbons (Fsp3) is 0.444. The van der Waals surface area contributed by atoms with Crippen LogP contribution in [0.2, 0.25) is 5.02 Å². The monoisotopic (exact) mass is 334 g/mol. The molecule has 0 radical (unpaired) electrons. The Morgan fingerprint density at radius 2 is 1.65 bits per heavy atom. The van der Waals surface area contributed by atoms with E-state index in [9.17, 15) is 0 Å². The van der Waals surface area contributed by atoms with Gasteiger partial charge in [0.1, 0.15) is 12.4 Å². The van der Waals surface area contributed by atoms with Crippen LogP contribution in [0.15, 0.2) is 36.4 Å². The van der Waals surface area contributed by atoms with Crippen molar-refractivity contribution in [1.29, 1.82) is 0 Å². The van der Waals surface area contributed by atoms with Gasteiger partial charge in [0.05, 0.1) is 11.6 Å². The molecule has 1 aliphatic rings. The fourth-order valence-electron chi connectivity index (χ4n) is 3.02. The Bertz CT molecular complexity index is 642. The predicted octanol–water partition coefficient (Wildman–Crippen LogP) is 2.48. The van der Waals surface area contributed by atoms with Crippen LogP contribution in [0.5, 0.6) is 5.75 Å². The van der Waals surface area contributed by atoms with Crippen LogP contribution in [0.1, 0.15) is 0 Å². The molecule has 1 heterocycles. The highest BCUT2D eigenvalue weighted by Crippen LogP contribution is 2.33. The minimum absolute atomic E-state index is 0.239. The Kier molecular flexibility index (Phi) is 5.73. The molecule has 0 atom stereocenters. The molecule has 2 aromatic rings. The first kappa shape index (κ1) is 16.5. The molecule has 1 saturated heterocycles. The number of hydrogen-bond acceptors (Lipinski definition) is 4. The van der Waals surface area contributed by atoms with Crippen molar-refractivity contribution >= 4 is 22.4 Å². The van der Waals surface area contributed by atoms with Crippen molar-refractivity contribution in [1.82, 2.24) is 9.80 Å². The van der Waals surface area contributed by atoms with Crippen LogP contribution in [0.25, 0.3) is 10.8 Å². The highest BCUT2D eigenvalue weighted by atomic mass is 35.5. The Balaban J connectivity index is 1.54. The summed E-state index contributed by atoms with van der Waals surface area (Å²) in [5, 5.41) is 11.8. The predicted molar refractivity (Wildman–Crippen MR) is 94.4 cm³/mol. The normalized spacial score (nSPS) is 16.8. The minimum atomic E-state index is 0.239. The van der Waals surface area contributed by atoms with Crippen LogP contribution in [0, 0.1) is 0 Å². The summed E-state index contributed by atoms with van der Waals surface area (Å²) >= 11 is 6.31. The average molecular weight is 335 g/mol. The summed E-state index contributed by atoms with van der Waals surface area (Å²) in [6.07, 6.45) is 0. The summed E-state index contributed by atoms with van der Waals surface area (Å²) in [5.74, 6) is 0.781. The smallest absolute Gasteiger partial charge is 0.145 e. The fourth-order valence-corrected chi connectivity index (χ4v) is 3.24. The van der Waals surface area contributed by atoms with Gasteiger partial charge in [0.25, 0.3) is 0 Å². The molecule has 0 saturated carbocycles. The number of hydrogen-bond donors (Lipinski definition) is 1. The highest BCUT2D eigenvalue weighted by Gasteiger charge is 2.16. The molecule has 0 aliphatic carbocycles. The molecule has 1 fully saturated rings. The van der Waals surface area contributed by atoms with Crippen LogP contribution in [0.4, 0.5) is 0 Å². The van der Waals surface area contributed by atoms with Gasteiger partial charge in [0.15, 0.2) is 0 Å². The van der Waals surface area contributed by atoms with Crippen LogP contribution >= 0.6 is 11.6 Å². The maximum atomic E-state index is 8.98. The number of ether oxygens (including phenoxy) is 1. The first-order valence-electron chi connectivity index (χ1n) is 8.13. The molecule has 5 heteroatoms. The van der Waals surface area contributed by atoms with Crippen molar-refractivity contribution in [3.63, 3.8) is 0 Å². The number of nitrogens with zero attached hydrogens (tertiary/aromatic N) is 2.